The molecule has 0 aliphatic heterocycles. The fourth-order valence-corrected chi connectivity index (χ4v) is 1.85. The van der Waals surface area contributed by atoms with E-state index in [1.807, 2.05) is 0 Å². The summed E-state index contributed by atoms with van der Waals surface area (Å²) >= 11 is 0. The van der Waals surface area contributed by atoms with Crippen molar-refractivity contribution in [2.45, 2.75) is 19.3 Å². The molecular formula is C12H17N3O5. The number of unbranched alkanes of at least 4 members (excludes halogenated alkanes) is 2. The smallest absolute Gasteiger partial charge is 0.299 e. The van der Waals surface area contributed by atoms with E-state index < -0.39 is 9.85 Å². The fourth-order valence-electron chi connectivity index (χ4n) is 1.85. The predicted octanol–water partition coefficient (Wildman–Crippen LogP) is 2.10. The van der Waals surface area contributed by atoms with Crippen LogP contribution in [0.4, 0.5) is 17.1 Å². The van der Waals surface area contributed by atoms with E-state index in [1.54, 1.807) is 11.9 Å². The van der Waals surface area contributed by atoms with Gasteiger partial charge in [0.1, 0.15) is 5.69 Å². The van der Waals surface area contributed by atoms with Crippen LogP contribution >= 0.6 is 0 Å². The van der Waals surface area contributed by atoms with Crippen LogP contribution in [0.15, 0.2) is 18.2 Å². The van der Waals surface area contributed by atoms with Crippen molar-refractivity contribution in [3.8, 4) is 0 Å². The van der Waals surface area contributed by atoms with Crippen LogP contribution in [0.3, 0.4) is 0 Å². The van der Waals surface area contributed by atoms with Gasteiger partial charge in [-0.25, -0.2) is 0 Å². The van der Waals surface area contributed by atoms with Crippen molar-refractivity contribution in [2.75, 3.05) is 25.1 Å². The molecule has 0 heterocycles. The van der Waals surface area contributed by atoms with E-state index in [0.29, 0.717) is 18.7 Å². The lowest BCUT2D eigenvalue weighted by Crippen LogP contribution is -2.19. The normalized spacial score (nSPS) is 10.3. The van der Waals surface area contributed by atoms with Gasteiger partial charge >= 0.3 is 0 Å². The van der Waals surface area contributed by atoms with Crippen LogP contribution in [0.25, 0.3) is 0 Å². The lowest BCUT2D eigenvalue weighted by Gasteiger charge is -2.18. The zero-order valence-electron chi connectivity index (χ0n) is 11.2. The standard InChI is InChI=1S/C12H17N3O5/c1-13(7-3-2-4-8-16)11-6-5-10(14(17)18)9-12(11)15(19)20/h5-6,9,16H,2-4,7-8H2,1H3. The first-order valence-electron chi connectivity index (χ1n) is 6.22. The lowest BCUT2D eigenvalue weighted by atomic mass is 10.2. The molecule has 0 aliphatic carbocycles. The molecule has 1 aromatic carbocycles. The Morgan fingerprint density at radius 3 is 2.40 bits per heavy atom. The summed E-state index contributed by atoms with van der Waals surface area (Å²) in [4.78, 5) is 22.1. The van der Waals surface area contributed by atoms with E-state index in [2.05, 4.69) is 0 Å². The highest BCUT2D eigenvalue weighted by Gasteiger charge is 2.21. The zero-order chi connectivity index (χ0) is 15.1. The molecule has 20 heavy (non-hydrogen) atoms. The number of benzene rings is 1. The third-order valence-corrected chi connectivity index (χ3v) is 2.93. The highest BCUT2D eigenvalue weighted by atomic mass is 16.6. The van der Waals surface area contributed by atoms with E-state index in [4.69, 9.17) is 5.11 Å². The van der Waals surface area contributed by atoms with Crippen molar-refractivity contribution < 1.29 is 15.0 Å². The van der Waals surface area contributed by atoms with Gasteiger partial charge in [0, 0.05) is 26.3 Å². The Balaban J connectivity index is 2.87. The van der Waals surface area contributed by atoms with Gasteiger partial charge in [-0.3, -0.25) is 20.2 Å². The molecule has 0 unspecified atom stereocenters. The summed E-state index contributed by atoms with van der Waals surface area (Å²) in [5.74, 6) is 0. The Hall–Kier alpha value is -2.22. The van der Waals surface area contributed by atoms with Gasteiger partial charge in [-0.05, 0) is 25.3 Å². The second-order valence-corrected chi connectivity index (χ2v) is 4.39. The van der Waals surface area contributed by atoms with Crippen molar-refractivity contribution in [1.82, 2.24) is 0 Å². The van der Waals surface area contributed by atoms with E-state index in [-0.39, 0.29) is 18.0 Å². The summed E-state index contributed by atoms with van der Waals surface area (Å²) < 4.78 is 0. The van der Waals surface area contributed by atoms with E-state index in [9.17, 15) is 20.2 Å². The summed E-state index contributed by atoms with van der Waals surface area (Å²) in [6.45, 7) is 0.708. The molecule has 0 bridgehead atoms. The molecule has 0 aliphatic rings. The molecule has 110 valence electrons. The number of nitrogens with zero attached hydrogens (tertiary/aromatic N) is 3. The molecule has 8 heteroatoms. The Labute approximate surface area is 115 Å². The second-order valence-electron chi connectivity index (χ2n) is 4.39. The summed E-state index contributed by atoms with van der Waals surface area (Å²) in [7, 11) is 1.70. The molecule has 8 nitrogen and oxygen atoms in total. The van der Waals surface area contributed by atoms with Gasteiger partial charge in [0.05, 0.1) is 15.9 Å². The second kappa shape index (κ2) is 7.39. The molecule has 0 amide bonds. The zero-order valence-corrected chi connectivity index (χ0v) is 11.2. The minimum atomic E-state index is -0.655. The Bertz CT molecular complexity index is 492. The molecule has 1 rings (SSSR count). The molecular weight excluding hydrogens is 266 g/mol. The van der Waals surface area contributed by atoms with Gasteiger partial charge in [-0.1, -0.05) is 0 Å². The predicted molar refractivity (Wildman–Crippen MR) is 74.0 cm³/mol. The van der Waals surface area contributed by atoms with Gasteiger partial charge in [0.25, 0.3) is 11.4 Å². The van der Waals surface area contributed by atoms with Crippen molar-refractivity contribution in [3.05, 3.63) is 38.4 Å². The number of nitro benzene ring substituents is 2. The highest BCUT2D eigenvalue weighted by Crippen LogP contribution is 2.31. The number of non-ortho nitro benzene ring substituents is 1. The lowest BCUT2D eigenvalue weighted by molar-refractivity contribution is -0.393. The minimum Gasteiger partial charge on any atom is -0.396 e. The van der Waals surface area contributed by atoms with Crippen LogP contribution in [0, 0.1) is 20.2 Å². The average molecular weight is 283 g/mol. The van der Waals surface area contributed by atoms with E-state index >= 15 is 0 Å². The molecule has 0 radical (unpaired) electrons. The molecule has 0 fully saturated rings. The summed E-state index contributed by atoms with van der Waals surface area (Å²) in [6.07, 6.45) is 2.29. The number of hydrogen-bond acceptors (Lipinski definition) is 6. The summed E-state index contributed by atoms with van der Waals surface area (Å²) in [5, 5.41) is 30.3. The number of nitro groups is 2. The number of rotatable bonds is 8. The van der Waals surface area contributed by atoms with Crippen LogP contribution in [-0.4, -0.2) is 35.2 Å². The number of aliphatic hydroxyl groups excluding tert-OH is 1. The first-order chi connectivity index (χ1) is 9.47. The van der Waals surface area contributed by atoms with E-state index in [1.165, 1.54) is 12.1 Å². The molecule has 0 saturated carbocycles. The Kier molecular flexibility index (Phi) is 5.85. The summed E-state index contributed by atoms with van der Waals surface area (Å²) in [6, 6.07) is 3.62. The van der Waals surface area contributed by atoms with Crippen LogP contribution in [0.1, 0.15) is 19.3 Å². The third-order valence-electron chi connectivity index (χ3n) is 2.93. The maximum Gasteiger partial charge on any atom is 0.299 e. The Morgan fingerprint density at radius 1 is 1.15 bits per heavy atom. The van der Waals surface area contributed by atoms with Crippen molar-refractivity contribution in [2.24, 2.45) is 0 Å². The first kappa shape index (κ1) is 15.8. The van der Waals surface area contributed by atoms with Crippen molar-refractivity contribution in [3.63, 3.8) is 0 Å². The van der Waals surface area contributed by atoms with Crippen LogP contribution in [0.2, 0.25) is 0 Å². The molecule has 0 spiro atoms. The molecule has 0 saturated heterocycles. The Morgan fingerprint density at radius 2 is 1.85 bits per heavy atom. The van der Waals surface area contributed by atoms with Gasteiger partial charge in [0.2, 0.25) is 0 Å². The minimum absolute atomic E-state index is 0.126. The molecule has 0 atom stereocenters. The topological polar surface area (TPSA) is 110 Å². The average Bonchev–Trinajstić information content (AvgIpc) is 2.42. The largest absolute Gasteiger partial charge is 0.396 e. The van der Waals surface area contributed by atoms with Crippen LogP contribution in [-0.2, 0) is 0 Å². The van der Waals surface area contributed by atoms with Crippen molar-refractivity contribution in [1.29, 1.82) is 0 Å². The number of hydrogen-bond donors (Lipinski definition) is 1. The molecule has 1 N–H and O–H groups in total. The van der Waals surface area contributed by atoms with E-state index in [0.717, 1.165) is 18.9 Å². The van der Waals surface area contributed by atoms with Crippen LogP contribution in [0.5, 0.6) is 0 Å². The third kappa shape index (κ3) is 4.16. The number of anilines is 1. The fraction of sp³-hybridized carbons (Fsp3) is 0.500. The quantitative estimate of drug-likeness (QED) is 0.444. The summed E-state index contributed by atoms with van der Waals surface area (Å²) in [5.41, 5.74) is -0.220. The molecule has 0 aromatic heterocycles. The van der Waals surface area contributed by atoms with Gasteiger partial charge in [-0.15, -0.1) is 0 Å². The number of aliphatic hydroxyl groups is 1. The van der Waals surface area contributed by atoms with Gasteiger partial charge in [-0.2, -0.15) is 0 Å². The SMILES string of the molecule is CN(CCCCCO)c1ccc([N+](=O)[O-])cc1[N+](=O)[O-]. The highest BCUT2D eigenvalue weighted by molar-refractivity contribution is 5.66. The van der Waals surface area contributed by atoms with Crippen LogP contribution < -0.4 is 4.90 Å². The monoisotopic (exact) mass is 283 g/mol. The first-order valence-corrected chi connectivity index (χ1v) is 6.22. The maximum absolute atomic E-state index is 11.0. The van der Waals surface area contributed by atoms with Crippen molar-refractivity contribution >= 4 is 17.1 Å². The molecule has 1 aromatic rings. The van der Waals surface area contributed by atoms with Gasteiger partial charge < -0.3 is 10.0 Å². The van der Waals surface area contributed by atoms with Gasteiger partial charge in [0.15, 0.2) is 0 Å². The maximum atomic E-state index is 11.0.